The van der Waals surface area contributed by atoms with Gasteiger partial charge in [-0.05, 0) is 18.2 Å². The van der Waals surface area contributed by atoms with Crippen molar-refractivity contribution in [3.8, 4) is 22.9 Å². The SMILES string of the molecule is COc1ccccc1CNC(=O)CCc1nc(-c2ccccc2OC)no1. The normalized spacial score (nSPS) is 10.4. The van der Waals surface area contributed by atoms with Crippen LogP contribution >= 0.6 is 0 Å². The summed E-state index contributed by atoms with van der Waals surface area (Å²) in [6.07, 6.45) is 0.614. The molecule has 2 aromatic carbocycles. The summed E-state index contributed by atoms with van der Waals surface area (Å²) in [5, 5.41) is 6.85. The van der Waals surface area contributed by atoms with Gasteiger partial charge in [-0.2, -0.15) is 4.98 Å². The van der Waals surface area contributed by atoms with Gasteiger partial charge in [-0.25, -0.2) is 0 Å². The molecule has 1 heterocycles. The number of para-hydroxylation sites is 2. The Bertz CT molecular complexity index is 908. The molecule has 0 unspecified atom stereocenters. The van der Waals surface area contributed by atoms with Crippen LogP contribution in [0.25, 0.3) is 11.4 Å². The zero-order valence-corrected chi connectivity index (χ0v) is 15.3. The number of nitrogens with zero attached hydrogens (tertiary/aromatic N) is 2. The second-order valence-corrected chi connectivity index (χ2v) is 5.80. The van der Waals surface area contributed by atoms with E-state index >= 15 is 0 Å². The Kier molecular flexibility index (Phi) is 6.04. The third kappa shape index (κ3) is 4.63. The Hall–Kier alpha value is -3.35. The number of methoxy groups -OCH3 is 2. The third-order valence-electron chi connectivity index (χ3n) is 4.05. The van der Waals surface area contributed by atoms with Crippen LogP contribution in [0, 0.1) is 0 Å². The molecule has 0 aliphatic heterocycles. The molecular weight excluding hydrogens is 346 g/mol. The van der Waals surface area contributed by atoms with E-state index in [0.717, 1.165) is 16.9 Å². The third-order valence-corrected chi connectivity index (χ3v) is 4.05. The van der Waals surface area contributed by atoms with Crippen LogP contribution in [-0.4, -0.2) is 30.3 Å². The molecule has 0 atom stereocenters. The summed E-state index contributed by atoms with van der Waals surface area (Å²) in [6, 6.07) is 15.0. The van der Waals surface area contributed by atoms with Crippen LogP contribution in [-0.2, 0) is 17.8 Å². The number of nitrogens with one attached hydrogen (secondary N) is 1. The molecule has 0 radical (unpaired) electrons. The first-order valence-corrected chi connectivity index (χ1v) is 8.56. The van der Waals surface area contributed by atoms with E-state index in [9.17, 15) is 4.79 Å². The van der Waals surface area contributed by atoms with Crippen LogP contribution in [0.1, 0.15) is 17.9 Å². The van der Waals surface area contributed by atoms with E-state index < -0.39 is 0 Å². The number of aryl methyl sites for hydroxylation is 1. The Morgan fingerprint density at radius 3 is 2.52 bits per heavy atom. The maximum atomic E-state index is 12.1. The molecule has 1 N–H and O–H groups in total. The molecule has 140 valence electrons. The lowest BCUT2D eigenvalue weighted by Gasteiger charge is -2.09. The number of hydrogen-bond acceptors (Lipinski definition) is 6. The molecule has 0 saturated heterocycles. The van der Waals surface area contributed by atoms with Gasteiger partial charge in [-0.3, -0.25) is 4.79 Å². The first kappa shape index (κ1) is 18.4. The van der Waals surface area contributed by atoms with E-state index in [2.05, 4.69) is 15.5 Å². The van der Waals surface area contributed by atoms with E-state index in [4.69, 9.17) is 14.0 Å². The monoisotopic (exact) mass is 367 g/mol. The van der Waals surface area contributed by atoms with Gasteiger partial charge in [0.1, 0.15) is 11.5 Å². The number of carbonyl (C=O) groups is 1. The highest BCUT2D eigenvalue weighted by Crippen LogP contribution is 2.27. The summed E-state index contributed by atoms with van der Waals surface area (Å²) in [7, 11) is 3.20. The fourth-order valence-electron chi connectivity index (χ4n) is 2.65. The van der Waals surface area contributed by atoms with Gasteiger partial charge in [0.2, 0.25) is 17.6 Å². The maximum Gasteiger partial charge on any atom is 0.227 e. The van der Waals surface area contributed by atoms with Gasteiger partial charge in [-0.1, -0.05) is 35.5 Å². The van der Waals surface area contributed by atoms with Gasteiger partial charge in [0, 0.05) is 24.9 Å². The maximum absolute atomic E-state index is 12.1. The first-order valence-electron chi connectivity index (χ1n) is 8.56. The highest BCUT2D eigenvalue weighted by Gasteiger charge is 2.14. The Balaban J connectivity index is 1.55. The smallest absolute Gasteiger partial charge is 0.227 e. The van der Waals surface area contributed by atoms with Crippen molar-refractivity contribution >= 4 is 5.91 Å². The molecule has 0 aliphatic carbocycles. The molecule has 7 nitrogen and oxygen atoms in total. The van der Waals surface area contributed by atoms with E-state index in [0.29, 0.717) is 30.4 Å². The Morgan fingerprint density at radius 2 is 1.74 bits per heavy atom. The second kappa shape index (κ2) is 8.84. The minimum Gasteiger partial charge on any atom is -0.496 e. The van der Waals surface area contributed by atoms with Gasteiger partial charge in [0.25, 0.3) is 0 Å². The first-order chi connectivity index (χ1) is 13.2. The number of benzene rings is 2. The lowest BCUT2D eigenvalue weighted by Crippen LogP contribution is -2.23. The average Bonchev–Trinajstić information content (AvgIpc) is 3.19. The lowest BCUT2D eigenvalue weighted by molar-refractivity contribution is -0.121. The van der Waals surface area contributed by atoms with Crippen LogP contribution in [0.15, 0.2) is 53.1 Å². The zero-order valence-electron chi connectivity index (χ0n) is 15.3. The minimum absolute atomic E-state index is 0.0991. The molecule has 1 aromatic heterocycles. The summed E-state index contributed by atoms with van der Waals surface area (Å²) >= 11 is 0. The van der Waals surface area contributed by atoms with Gasteiger partial charge in [0.15, 0.2) is 0 Å². The Morgan fingerprint density at radius 1 is 1.04 bits per heavy atom. The molecule has 7 heteroatoms. The zero-order chi connectivity index (χ0) is 19.1. The van der Waals surface area contributed by atoms with Gasteiger partial charge in [-0.15, -0.1) is 0 Å². The molecule has 0 aliphatic rings. The summed E-state index contributed by atoms with van der Waals surface area (Å²) in [5.74, 6) is 2.16. The fourth-order valence-corrected chi connectivity index (χ4v) is 2.65. The average molecular weight is 367 g/mol. The van der Waals surface area contributed by atoms with Crippen LogP contribution < -0.4 is 14.8 Å². The van der Waals surface area contributed by atoms with Crippen molar-refractivity contribution in [2.45, 2.75) is 19.4 Å². The molecule has 0 bridgehead atoms. The molecule has 27 heavy (non-hydrogen) atoms. The van der Waals surface area contributed by atoms with Crippen molar-refractivity contribution in [2.75, 3.05) is 14.2 Å². The summed E-state index contributed by atoms with van der Waals surface area (Å²) in [6.45, 7) is 0.402. The second-order valence-electron chi connectivity index (χ2n) is 5.80. The van der Waals surface area contributed by atoms with Gasteiger partial charge >= 0.3 is 0 Å². The van der Waals surface area contributed by atoms with Crippen molar-refractivity contribution in [3.05, 3.63) is 60.0 Å². The quantitative estimate of drug-likeness (QED) is 0.659. The van der Waals surface area contributed by atoms with E-state index in [1.165, 1.54) is 0 Å². The largest absolute Gasteiger partial charge is 0.496 e. The van der Waals surface area contributed by atoms with E-state index in [1.807, 2.05) is 48.5 Å². The van der Waals surface area contributed by atoms with E-state index in [-0.39, 0.29) is 12.3 Å². The van der Waals surface area contributed by atoms with Crippen molar-refractivity contribution in [2.24, 2.45) is 0 Å². The van der Waals surface area contributed by atoms with Crippen molar-refractivity contribution in [3.63, 3.8) is 0 Å². The topological polar surface area (TPSA) is 86.5 Å². The summed E-state index contributed by atoms with van der Waals surface area (Å²) in [4.78, 5) is 16.5. The van der Waals surface area contributed by atoms with Crippen LogP contribution in [0.5, 0.6) is 11.5 Å². The predicted octanol–water partition coefficient (Wildman–Crippen LogP) is 3.00. The van der Waals surface area contributed by atoms with Crippen LogP contribution in [0.4, 0.5) is 0 Å². The van der Waals surface area contributed by atoms with Crippen molar-refractivity contribution < 1.29 is 18.8 Å². The number of ether oxygens (including phenoxy) is 2. The number of carbonyl (C=O) groups excluding carboxylic acids is 1. The highest BCUT2D eigenvalue weighted by atomic mass is 16.5. The molecule has 0 saturated carbocycles. The van der Waals surface area contributed by atoms with Crippen molar-refractivity contribution in [1.82, 2.24) is 15.5 Å². The van der Waals surface area contributed by atoms with Gasteiger partial charge in [0.05, 0.1) is 19.8 Å². The molecule has 3 rings (SSSR count). The molecule has 0 spiro atoms. The number of amides is 1. The minimum atomic E-state index is -0.0991. The number of rotatable bonds is 8. The van der Waals surface area contributed by atoms with Crippen molar-refractivity contribution in [1.29, 1.82) is 0 Å². The molecule has 0 fully saturated rings. The van der Waals surface area contributed by atoms with Crippen LogP contribution in [0.3, 0.4) is 0 Å². The van der Waals surface area contributed by atoms with Crippen LogP contribution in [0.2, 0.25) is 0 Å². The van der Waals surface area contributed by atoms with Gasteiger partial charge < -0.3 is 19.3 Å². The standard InChI is InChI=1S/C20H21N3O4/c1-25-16-9-5-3-7-14(16)13-21-18(24)11-12-19-22-20(23-27-19)15-8-4-6-10-17(15)26-2/h3-10H,11-13H2,1-2H3,(H,21,24). The summed E-state index contributed by atoms with van der Waals surface area (Å²) in [5.41, 5.74) is 1.67. The number of hydrogen-bond donors (Lipinski definition) is 1. The lowest BCUT2D eigenvalue weighted by atomic mass is 10.2. The molecular formula is C20H21N3O4. The molecule has 3 aromatic rings. The summed E-state index contributed by atoms with van der Waals surface area (Å²) < 4.78 is 15.8. The van der Waals surface area contributed by atoms with E-state index in [1.54, 1.807) is 14.2 Å². The fraction of sp³-hybridized carbons (Fsp3) is 0.250. The highest BCUT2D eigenvalue weighted by molar-refractivity contribution is 5.76. The molecule has 1 amide bonds. The Labute approximate surface area is 157 Å². The number of aromatic nitrogens is 2. The predicted molar refractivity (Wildman–Crippen MR) is 99.4 cm³/mol.